The average Bonchev–Trinajstić information content (AvgIpc) is 2.93. The van der Waals surface area contributed by atoms with Crippen LogP contribution in [-0.4, -0.2) is 41.4 Å². The first-order chi connectivity index (χ1) is 13.1. The molecule has 6 nitrogen and oxygen atoms in total. The second kappa shape index (κ2) is 10.7. The number of nitrogens with zero attached hydrogens (tertiary/aromatic N) is 4. The SMILES string of the molecule is CCNC(=NCc1c(C)nn(C)c1C)NC1CCN(c2ccccc2)CC1.I. The van der Waals surface area contributed by atoms with E-state index in [1.165, 1.54) is 16.9 Å². The molecule has 1 aliphatic heterocycles. The van der Waals surface area contributed by atoms with Gasteiger partial charge in [-0.3, -0.25) is 4.68 Å². The van der Waals surface area contributed by atoms with E-state index < -0.39 is 0 Å². The van der Waals surface area contributed by atoms with Gasteiger partial charge in [-0.25, -0.2) is 4.99 Å². The van der Waals surface area contributed by atoms with E-state index in [1.807, 2.05) is 11.7 Å². The molecule has 154 valence electrons. The number of aliphatic imine (C=N–C) groups is 1. The van der Waals surface area contributed by atoms with E-state index in [2.05, 4.69) is 71.7 Å². The molecule has 0 atom stereocenters. The lowest BCUT2D eigenvalue weighted by Gasteiger charge is -2.34. The van der Waals surface area contributed by atoms with Crippen molar-refractivity contribution in [3.05, 3.63) is 47.3 Å². The summed E-state index contributed by atoms with van der Waals surface area (Å²) in [6.07, 6.45) is 2.23. The van der Waals surface area contributed by atoms with E-state index >= 15 is 0 Å². The molecular formula is C21H33IN6. The number of rotatable bonds is 5. The summed E-state index contributed by atoms with van der Waals surface area (Å²) in [5, 5.41) is 11.5. The van der Waals surface area contributed by atoms with Gasteiger partial charge in [0.2, 0.25) is 0 Å². The van der Waals surface area contributed by atoms with Gasteiger partial charge in [0.15, 0.2) is 5.96 Å². The van der Waals surface area contributed by atoms with Gasteiger partial charge in [-0.2, -0.15) is 5.10 Å². The zero-order chi connectivity index (χ0) is 19.2. The number of halogens is 1. The van der Waals surface area contributed by atoms with Gasteiger partial charge in [0.1, 0.15) is 0 Å². The van der Waals surface area contributed by atoms with Gasteiger partial charge in [-0.15, -0.1) is 24.0 Å². The van der Waals surface area contributed by atoms with E-state index in [4.69, 9.17) is 4.99 Å². The molecule has 0 saturated carbocycles. The Bertz CT molecular complexity index is 763. The van der Waals surface area contributed by atoms with Gasteiger partial charge >= 0.3 is 0 Å². The van der Waals surface area contributed by atoms with E-state index in [0.29, 0.717) is 12.6 Å². The maximum Gasteiger partial charge on any atom is 0.191 e. The average molecular weight is 496 g/mol. The summed E-state index contributed by atoms with van der Waals surface area (Å²) in [6.45, 7) is 9.92. The highest BCUT2D eigenvalue weighted by atomic mass is 127. The lowest BCUT2D eigenvalue weighted by atomic mass is 10.0. The topological polar surface area (TPSA) is 57.5 Å². The molecule has 0 spiro atoms. The zero-order valence-corrected chi connectivity index (χ0v) is 19.7. The molecule has 7 heteroatoms. The van der Waals surface area contributed by atoms with E-state index in [-0.39, 0.29) is 24.0 Å². The van der Waals surface area contributed by atoms with Gasteiger partial charge in [0.25, 0.3) is 0 Å². The number of hydrogen-bond donors (Lipinski definition) is 2. The summed E-state index contributed by atoms with van der Waals surface area (Å²) in [6, 6.07) is 11.1. The van der Waals surface area contributed by atoms with Crippen LogP contribution in [0.4, 0.5) is 5.69 Å². The van der Waals surface area contributed by atoms with Gasteiger partial charge in [-0.1, -0.05) is 18.2 Å². The predicted molar refractivity (Wildman–Crippen MR) is 128 cm³/mol. The Hall–Kier alpha value is -1.77. The third-order valence-corrected chi connectivity index (χ3v) is 5.36. The predicted octanol–water partition coefficient (Wildman–Crippen LogP) is 3.38. The quantitative estimate of drug-likeness (QED) is 0.379. The first-order valence-corrected chi connectivity index (χ1v) is 9.92. The molecule has 1 saturated heterocycles. The first kappa shape index (κ1) is 22.5. The summed E-state index contributed by atoms with van der Waals surface area (Å²) >= 11 is 0. The van der Waals surface area contributed by atoms with Crippen LogP contribution < -0.4 is 15.5 Å². The molecule has 0 radical (unpaired) electrons. The van der Waals surface area contributed by atoms with Crippen molar-refractivity contribution in [3.63, 3.8) is 0 Å². The molecule has 1 aliphatic rings. The zero-order valence-electron chi connectivity index (χ0n) is 17.4. The fraction of sp³-hybridized carbons (Fsp3) is 0.524. The van der Waals surface area contributed by atoms with Crippen LogP contribution in [0.15, 0.2) is 35.3 Å². The molecule has 0 amide bonds. The monoisotopic (exact) mass is 496 g/mol. The number of para-hydroxylation sites is 1. The number of aromatic nitrogens is 2. The normalized spacial score (nSPS) is 15.3. The smallest absolute Gasteiger partial charge is 0.191 e. The molecule has 1 fully saturated rings. The molecule has 0 aliphatic carbocycles. The van der Waals surface area contributed by atoms with Crippen molar-refractivity contribution in [2.75, 3.05) is 24.5 Å². The van der Waals surface area contributed by atoms with Gasteiger partial charge in [-0.05, 0) is 45.7 Å². The highest BCUT2D eigenvalue weighted by Crippen LogP contribution is 2.19. The van der Waals surface area contributed by atoms with Crippen molar-refractivity contribution in [1.29, 1.82) is 0 Å². The number of hydrogen-bond acceptors (Lipinski definition) is 3. The molecule has 2 heterocycles. The molecule has 3 rings (SSSR count). The fourth-order valence-corrected chi connectivity index (χ4v) is 3.64. The van der Waals surface area contributed by atoms with Crippen molar-refractivity contribution in [1.82, 2.24) is 20.4 Å². The van der Waals surface area contributed by atoms with Gasteiger partial charge in [0.05, 0.1) is 12.2 Å². The largest absolute Gasteiger partial charge is 0.371 e. The Morgan fingerprint density at radius 3 is 2.43 bits per heavy atom. The maximum absolute atomic E-state index is 4.82. The summed E-state index contributed by atoms with van der Waals surface area (Å²) < 4.78 is 1.93. The molecule has 2 N–H and O–H groups in total. The molecule has 0 bridgehead atoms. The van der Waals surface area contributed by atoms with Crippen molar-refractivity contribution in [2.24, 2.45) is 12.0 Å². The van der Waals surface area contributed by atoms with Crippen LogP contribution in [0.5, 0.6) is 0 Å². The van der Waals surface area contributed by atoms with Crippen molar-refractivity contribution < 1.29 is 0 Å². The Morgan fingerprint density at radius 2 is 1.86 bits per heavy atom. The fourth-order valence-electron chi connectivity index (χ4n) is 3.64. The number of aryl methyl sites for hydroxylation is 2. The van der Waals surface area contributed by atoms with E-state index in [1.54, 1.807) is 0 Å². The maximum atomic E-state index is 4.82. The van der Waals surface area contributed by atoms with Crippen LogP contribution in [0.2, 0.25) is 0 Å². The minimum atomic E-state index is 0. The summed E-state index contributed by atoms with van der Waals surface area (Å²) in [4.78, 5) is 7.28. The Kier molecular flexibility index (Phi) is 8.59. The van der Waals surface area contributed by atoms with Crippen LogP contribution in [0.1, 0.15) is 36.7 Å². The number of nitrogens with one attached hydrogen (secondary N) is 2. The minimum Gasteiger partial charge on any atom is -0.371 e. The van der Waals surface area contributed by atoms with E-state index in [0.717, 1.165) is 44.1 Å². The van der Waals surface area contributed by atoms with Crippen LogP contribution in [0.3, 0.4) is 0 Å². The van der Waals surface area contributed by atoms with Crippen molar-refractivity contribution in [3.8, 4) is 0 Å². The van der Waals surface area contributed by atoms with Crippen LogP contribution in [-0.2, 0) is 13.6 Å². The lowest BCUT2D eigenvalue weighted by Crippen LogP contribution is -2.48. The number of anilines is 1. The van der Waals surface area contributed by atoms with E-state index in [9.17, 15) is 0 Å². The molecular weight excluding hydrogens is 463 g/mol. The Morgan fingerprint density at radius 1 is 1.18 bits per heavy atom. The van der Waals surface area contributed by atoms with Crippen LogP contribution in [0.25, 0.3) is 0 Å². The molecule has 1 aromatic carbocycles. The summed E-state index contributed by atoms with van der Waals surface area (Å²) in [5.74, 6) is 0.901. The lowest BCUT2D eigenvalue weighted by molar-refractivity contribution is 0.461. The first-order valence-electron chi connectivity index (χ1n) is 9.92. The van der Waals surface area contributed by atoms with Crippen LogP contribution in [0, 0.1) is 13.8 Å². The minimum absolute atomic E-state index is 0. The molecule has 1 aromatic heterocycles. The van der Waals surface area contributed by atoms with Crippen LogP contribution >= 0.6 is 24.0 Å². The number of guanidine groups is 1. The second-order valence-corrected chi connectivity index (χ2v) is 7.21. The van der Waals surface area contributed by atoms with Crippen molar-refractivity contribution >= 4 is 35.6 Å². The highest BCUT2D eigenvalue weighted by molar-refractivity contribution is 14.0. The second-order valence-electron chi connectivity index (χ2n) is 7.21. The third-order valence-electron chi connectivity index (χ3n) is 5.36. The molecule has 28 heavy (non-hydrogen) atoms. The third kappa shape index (κ3) is 5.62. The molecule has 0 unspecified atom stereocenters. The number of benzene rings is 1. The Labute approximate surface area is 185 Å². The standard InChI is InChI=1S/C21H32N6.HI/c1-5-22-21(23-15-20-16(2)25-26(4)17(20)3)24-18-11-13-27(14-12-18)19-9-7-6-8-10-19;/h6-10,18H,5,11-15H2,1-4H3,(H2,22,23,24);1H. The van der Waals surface area contributed by atoms with Crippen molar-refractivity contribution in [2.45, 2.75) is 46.2 Å². The summed E-state index contributed by atoms with van der Waals surface area (Å²) in [7, 11) is 1.99. The number of piperidine rings is 1. The highest BCUT2D eigenvalue weighted by Gasteiger charge is 2.20. The summed E-state index contributed by atoms with van der Waals surface area (Å²) in [5.41, 5.74) is 4.78. The Balaban J connectivity index is 0.00000280. The van der Waals surface area contributed by atoms with Gasteiger partial charge < -0.3 is 15.5 Å². The molecule has 2 aromatic rings. The van der Waals surface area contributed by atoms with Gasteiger partial charge in [0, 0.05) is 49.7 Å².